The van der Waals surface area contributed by atoms with E-state index in [4.69, 9.17) is 4.84 Å². The third-order valence-electron chi connectivity index (χ3n) is 5.20. The van der Waals surface area contributed by atoms with Gasteiger partial charge >= 0.3 is 5.97 Å². The molecular formula is C23H16N2O5S. The van der Waals surface area contributed by atoms with E-state index in [2.05, 4.69) is 5.32 Å². The highest BCUT2D eigenvalue weighted by atomic mass is 32.1. The van der Waals surface area contributed by atoms with Gasteiger partial charge in [-0.25, -0.2) is 4.79 Å². The van der Waals surface area contributed by atoms with Gasteiger partial charge in [-0.3, -0.25) is 14.4 Å². The van der Waals surface area contributed by atoms with Crippen LogP contribution in [0.25, 0.3) is 11.1 Å². The fourth-order valence-electron chi connectivity index (χ4n) is 3.42. The quantitative estimate of drug-likeness (QED) is 0.612. The Morgan fingerprint density at radius 1 is 0.903 bits per heavy atom. The van der Waals surface area contributed by atoms with Crippen molar-refractivity contribution in [3.63, 3.8) is 0 Å². The van der Waals surface area contributed by atoms with Gasteiger partial charge in [0.25, 0.3) is 11.8 Å². The van der Waals surface area contributed by atoms with E-state index in [0.29, 0.717) is 15.6 Å². The van der Waals surface area contributed by atoms with Crippen molar-refractivity contribution < 1.29 is 24.0 Å². The van der Waals surface area contributed by atoms with Gasteiger partial charge in [-0.2, -0.15) is 0 Å². The lowest BCUT2D eigenvalue weighted by atomic mass is 10.0. The molecular weight excluding hydrogens is 416 g/mol. The van der Waals surface area contributed by atoms with Crippen molar-refractivity contribution in [1.82, 2.24) is 5.06 Å². The highest BCUT2D eigenvalue weighted by Crippen LogP contribution is 2.38. The zero-order valence-electron chi connectivity index (χ0n) is 16.2. The Morgan fingerprint density at radius 3 is 2.13 bits per heavy atom. The van der Waals surface area contributed by atoms with Gasteiger partial charge in [0.15, 0.2) is 0 Å². The zero-order valence-corrected chi connectivity index (χ0v) is 17.0. The van der Waals surface area contributed by atoms with Crippen LogP contribution in [0.2, 0.25) is 0 Å². The van der Waals surface area contributed by atoms with E-state index in [1.165, 1.54) is 23.5 Å². The molecule has 1 fully saturated rings. The van der Waals surface area contributed by atoms with Crippen LogP contribution in [0.15, 0.2) is 60.0 Å². The molecule has 0 saturated heterocycles. The monoisotopic (exact) mass is 432 g/mol. The lowest BCUT2D eigenvalue weighted by Crippen LogP contribution is -2.33. The predicted molar refractivity (Wildman–Crippen MR) is 113 cm³/mol. The van der Waals surface area contributed by atoms with Crippen molar-refractivity contribution >= 4 is 40.0 Å². The van der Waals surface area contributed by atoms with Crippen molar-refractivity contribution in [3.05, 3.63) is 76.7 Å². The molecule has 2 heterocycles. The van der Waals surface area contributed by atoms with Crippen LogP contribution in [0.5, 0.6) is 0 Å². The Labute approximate surface area is 181 Å². The number of anilines is 1. The molecule has 5 rings (SSSR count). The molecule has 0 spiro atoms. The van der Waals surface area contributed by atoms with Gasteiger partial charge in [-0.1, -0.05) is 47.5 Å². The second-order valence-electron chi connectivity index (χ2n) is 7.31. The first-order valence-corrected chi connectivity index (χ1v) is 10.6. The van der Waals surface area contributed by atoms with E-state index in [0.717, 1.165) is 18.4 Å². The standard InChI is InChI=1S/C23H16N2O5S/c26-19(14-10-11-14)24-20-18(17(12-31-20)13-6-2-1-3-7-13)23(29)30-25-21(27)15-8-4-5-9-16(15)22(25)28/h1-9,12,14H,10-11H2,(H,24,26). The van der Waals surface area contributed by atoms with Gasteiger partial charge in [0.1, 0.15) is 10.6 Å². The zero-order chi connectivity index (χ0) is 21.5. The molecule has 8 heteroatoms. The molecule has 1 N–H and O–H groups in total. The molecule has 31 heavy (non-hydrogen) atoms. The number of hydrogen-bond donors (Lipinski definition) is 1. The molecule has 1 aromatic heterocycles. The number of hydrogen-bond acceptors (Lipinski definition) is 6. The van der Waals surface area contributed by atoms with Crippen LogP contribution >= 0.6 is 11.3 Å². The largest absolute Gasteiger partial charge is 0.367 e. The van der Waals surface area contributed by atoms with Crippen LogP contribution in [-0.4, -0.2) is 28.8 Å². The number of rotatable bonds is 5. The maximum Gasteiger partial charge on any atom is 0.367 e. The average molecular weight is 432 g/mol. The Morgan fingerprint density at radius 2 is 1.52 bits per heavy atom. The fourth-order valence-corrected chi connectivity index (χ4v) is 4.38. The smallest absolute Gasteiger partial charge is 0.324 e. The van der Waals surface area contributed by atoms with E-state index in [-0.39, 0.29) is 28.5 Å². The first-order chi connectivity index (χ1) is 15.0. The summed E-state index contributed by atoms with van der Waals surface area (Å²) in [5.74, 6) is -2.50. The number of fused-ring (bicyclic) bond motifs is 1. The summed E-state index contributed by atoms with van der Waals surface area (Å²) in [6, 6.07) is 15.4. The van der Waals surface area contributed by atoms with Gasteiger partial charge in [-0.15, -0.1) is 11.3 Å². The summed E-state index contributed by atoms with van der Waals surface area (Å²) in [5.41, 5.74) is 1.77. The minimum absolute atomic E-state index is 0.0533. The fraction of sp³-hybridized carbons (Fsp3) is 0.130. The Kier molecular flexibility index (Phi) is 4.63. The van der Waals surface area contributed by atoms with Crippen molar-refractivity contribution in [1.29, 1.82) is 0 Å². The highest BCUT2D eigenvalue weighted by Gasteiger charge is 2.40. The minimum atomic E-state index is -0.888. The topological polar surface area (TPSA) is 92.8 Å². The molecule has 0 unspecified atom stereocenters. The number of imide groups is 1. The van der Waals surface area contributed by atoms with Gasteiger partial charge in [0, 0.05) is 16.9 Å². The molecule has 3 amide bonds. The molecule has 1 saturated carbocycles. The lowest BCUT2D eigenvalue weighted by Gasteiger charge is -2.14. The Balaban J connectivity index is 1.49. The number of nitrogens with one attached hydrogen (secondary N) is 1. The van der Waals surface area contributed by atoms with Crippen molar-refractivity contribution in [2.75, 3.05) is 5.32 Å². The number of benzene rings is 2. The van der Waals surface area contributed by atoms with E-state index in [9.17, 15) is 19.2 Å². The summed E-state index contributed by atoms with van der Waals surface area (Å²) in [4.78, 5) is 55.9. The van der Waals surface area contributed by atoms with Crippen molar-refractivity contribution in [2.45, 2.75) is 12.8 Å². The average Bonchev–Trinajstić information content (AvgIpc) is 3.53. The molecule has 1 aliphatic carbocycles. The second-order valence-corrected chi connectivity index (χ2v) is 8.19. The minimum Gasteiger partial charge on any atom is -0.324 e. The summed E-state index contributed by atoms with van der Waals surface area (Å²) in [6.07, 6.45) is 1.63. The Hall–Kier alpha value is -3.78. The third-order valence-corrected chi connectivity index (χ3v) is 6.09. The molecule has 154 valence electrons. The first-order valence-electron chi connectivity index (χ1n) is 9.72. The van der Waals surface area contributed by atoms with E-state index in [1.807, 2.05) is 30.3 Å². The maximum atomic E-state index is 13.2. The van der Waals surface area contributed by atoms with E-state index >= 15 is 0 Å². The van der Waals surface area contributed by atoms with Crippen molar-refractivity contribution in [3.8, 4) is 11.1 Å². The number of thiophene rings is 1. The van der Waals surface area contributed by atoms with Gasteiger partial charge in [0.05, 0.1) is 11.1 Å². The molecule has 0 bridgehead atoms. The number of carbonyl (C=O) groups is 4. The maximum absolute atomic E-state index is 13.2. The van der Waals surface area contributed by atoms with Crippen LogP contribution in [0, 0.1) is 5.92 Å². The molecule has 0 radical (unpaired) electrons. The summed E-state index contributed by atoms with van der Waals surface area (Å²) in [7, 11) is 0. The summed E-state index contributed by atoms with van der Waals surface area (Å²) in [6.45, 7) is 0. The number of hydroxylamine groups is 2. The molecule has 7 nitrogen and oxygen atoms in total. The van der Waals surface area contributed by atoms with Crippen LogP contribution in [-0.2, 0) is 9.63 Å². The third kappa shape index (κ3) is 3.40. The lowest BCUT2D eigenvalue weighted by molar-refractivity contribution is -0.117. The molecule has 2 aromatic carbocycles. The molecule has 2 aliphatic rings. The first kappa shape index (κ1) is 19.2. The van der Waals surface area contributed by atoms with Crippen LogP contribution in [0.4, 0.5) is 5.00 Å². The van der Waals surface area contributed by atoms with Gasteiger partial charge in [0.2, 0.25) is 5.91 Å². The summed E-state index contributed by atoms with van der Waals surface area (Å²) in [5, 5.41) is 5.35. The van der Waals surface area contributed by atoms with E-state index < -0.39 is 17.8 Å². The molecule has 0 atom stereocenters. The SMILES string of the molecule is O=C(ON1C(=O)c2ccccc2C1=O)c1c(-c2ccccc2)csc1NC(=O)C1CC1. The van der Waals surface area contributed by atoms with Crippen LogP contribution in [0.3, 0.4) is 0 Å². The summed E-state index contributed by atoms with van der Waals surface area (Å²) < 4.78 is 0. The van der Waals surface area contributed by atoms with Crippen LogP contribution in [0.1, 0.15) is 43.9 Å². The van der Waals surface area contributed by atoms with Gasteiger partial charge in [-0.05, 0) is 30.5 Å². The predicted octanol–water partition coefficient (Wildman–Crippen LogP) is 4.13. The number of amides is 3. The molecule has 3 aromatic rings. The number of carbonyl (C=O) groups excluding carboxylic acids is 4. The number of nitrogens with zero attached hydrogens (tertiary/aromatic N) is 1. The second kappa shape index (κ2) is 7.48. The normalized spacial score (nSPS) is 15.0. The Bertz CT molecular complexity index is 1190. The van der Waals surface area contributed by atoms with E-state index in [1.54, 1.807) is 17.5 Å². The van der Waals surface area contributed by atoms with Crippen molar-refractivity contribution in [2.24, 2.45) is 5.92 Å². The summed E-state index contributed by atoms with van der Waals surface area (Å²) >= 11 is 1.20. The van der Waals surface area contributed by atoms with Crippen LogP contribution < -0.4 is 5.32 Å². The molecule has 1 aliphatic heterocycles. The highest BCUT2D eigenvalue weighted by molar-refractivity contribution is 7.15. The van der Waals surface area contributed by atoms with Gasteiger partial charge < -0.3 is 10.2 Å².